The predicted octanol–water partition coefficient (Wildman–Crippen LogP) is 4.08. The highest BCUT2D eigenvalue weighted by atomic mass is 35.5. The summed E-state index contributed by atoms with van der Waals surface area (Å²) in [6.07, 6.45) is 7.60. The number of aryl methyl sites for hydroxylation is 1. The zero-order valence-electron chi connectivity index (χ0n) is 18.7. The van der Waals surface area contributed by atoms with Crippen LogP contribution in [0.15, 0.2) is 49.1 Å². The molecule has 0 saturated heterocycles. The molecular formula is C24H23ClN6O3. The molecule has 0 atom stereocenters. The first-order valence-electron chi connectivity index (χ1n) is 10.7. The second kappa shape index (κ2) is 9.11. The van der Waals surface area contributed by atoms with Crippen LogP contribution in [0.3, 0.4) is 0 Å². The number of carbonyl (C=O) groups excluding carboxylic acids is 1. The molecule has 0 radical (unpaired) electrons. The molecule has 9 nitrogen and oxygen atoms in total. The highest BCUT2D eigenvalue weighted by Gasteiger charge is 2.28. The lowest BCUT2D eigenvalue weighted by Gasteiger charge is -2.17. The summed E-state index contributed by atoms with van der Waals surface area (Å²) in [5.74, 6) is 1.67. The molecule has 0 unspecified atom stereocenters. The van der Waals surface area contributed by atoms with Crippen LogP contribution in [-0.4, -0.2) is 39.1 Å². The topological polar surface area (TPSA) is 106 Å². The standard InChI is InChI=1S/C24H23ClN6O3/c1-31-11-10-27-19(31)13-34-18-12-26-8-6-14(18)21-22(20-16(29-21)7-9-28-24(20)32)30-17-5-3-4-15(25)23(17)33-2/h3-6,8,10-12,29-30H,7,9,13H2,1-2H3,(H,28,32). The minimum Gasteiger partial charge on any atom is -0.493 e. The molecule has 0 spiro atoms. The minimum atomic E-state index is -0.156. The Morgan fingerprint density at radius 2 is 2.15 bits per heavy atom. The number of pyridine rings is 1. The maximum atomic E-state index is 12.9. The van der Waals surface area contributed by atoms with Gasteiger partial charge < -0.3 is 29.7 Å². The molecule has 0 aliphatic carbocycles. The number of rotatable bonds is 7. The van der Waals surface area contributed by atoms with E-state index in [1.807, 2.05) is 36.0 Å². The van der Waals surface area contributed by atoms with E-state index in [9.17, 15) is 4.79 Å². The third kappa shape index (κ3) is 3.94. The molecule has 3 N–H and O–H groups in total. The van der Waals surface area contributed by atoms with Gasteiger partial charge in [0.25, 0.3) is 5.91 Å². The Morgan fingerprint density at radius 1 is 1.26 bits per heavy atom. The molecule has 1 aliphatic heterocycles. The monoisotopic (exact) mass is 478 g/mol. The van der Waals surface area contributed by atoms with Gasteiger partial charge in [0, 0.05) is 49.9 Å². The fourth-order valence-corrected chi connectivity index (χ4v) is 4.29. The Hall–Kier alpha value is -3.98. The number of benzene rings is 1. The van der Waals surface area contributed by atoms with Gasteiger partial charge in [0.2, 0.25) is 0 Å². The fourth-order valence-electron chi connectivity index (χ4n) is 4.04. The van der Waals surface area contributed by atoms with E-state index in [0.29, 0.717) is 52.1 Å². The average molecular weight is 479 g/mol. The molecule has 0 bridgehead atoms. The largest absolute Gasteiger partial charge is 0.493 e. The van der Waals surface area contributed by atoms with Crippen molar-refractivity contribution in [1.82, 2.24) is 24.8 Å². The van der Waals surface area contributed by atoms with E-state index in [1.165, 1.54) is 0 Å². The number of halogens is 1. The Kier molecular flexibility index (Phi) is 5.85. The van der Waals surface area contributed by atoms with Crippen molar-refractivity contribution in [2.45, 2.75) is 13.0 Å². The van der Waals surface area contributed by atoms with Crippen molar-refractivity contribution >= 4 is 28.9 Å². The molecule has 1 amide bonds. The van der Waals surface area contributed by atoms with Crippen molar-refractivity contribution in [3.8, 4) is 22.8 Å². The Bertz CT molecular complexity index is 1360. The van der Waals surface area contributed by atoms with Crippen molar-refractivity contribution < 1.29 is 14.3 Å². The van der Waals surface area contributed by atoms with Crippen LogP contribution >= 0.6 is 11.6 Å². The first kappa shape index (κ1) is 21.8. The molecule has 0 fully saturated rings. The van der Waals surface area contributed by atoms with E-state index in [-0.39, 0.29) is 12.5 Å². The van der Waals surface area contributed by atoms with Crippen LogP contribution in [0.2, 0.25) is 5.02 Å². The van der Waals surface area contributed by atoms with Gasteiger partial charge in [-0.1, -0.05) is 17.7 Å². The number of H-pyrrole nitrogens is 1. The first-order chi connectivity index (χ1) is 16.6. The zero-order chi connectivity index (χ0) is 23.7. The van der Waals surface area contributed by atoms with Gasteiger partial charge in [0.05, 0.1) is 41.0 Å². The summed E-state index contributed by atoms with van der Waals surface area (Å²) in [4.78, 5) is 24.9. The molecule has 1 aliphatic rings. The molecule has 0 saturated carbocycles. The Labute approximate surface area is 201 Å². The lowest BCUT2D eigenvalue weighted by Crippen LogP contribution is -2.31. The number of ether oxygens (including phenoxy) is 2. The summed E-state index contributed by atoms with van der Waals surface area (Å²) in [5.41, 5.74) is 4.11. The number of anilines is 2. The molecule has 10 heteroatoms. The quantitative estimate of drug-likeness (QED) is 0.369. The van der Waals surface area contributed by atoms with E-state index in [4.69, 9.17) is 21.1 Å². The van der Waals surface area contributed by atoms with Gasteiger partial charge in [0.15, 0.2) is 5.75 Å². The molecule has 1 aromatic carbocycles. The van der Waals surface area contributed by atoms with Crippen LogP contribution in [0.4, 0.5) is 11.4 Å². The van der Waals surface area contributed by atoms with Gasteiger partial charge in [-0.3, -0.25) is 9.78 Å². The van der Waals surface area contributed by atoms with Crippen molar-refractivity contribution in [2.24, 2.45) is 7.05 Å². The fraction of sp³-hybridized carbons (Fsp3) is 0.208. The van der Waals surface area contributed by atoms with Crippen LogP contribution in [0.5, 0.6) is 11.5 Å². The molecule has 3 aromatic heterocycles. The second-order valence-corrected chi connectivity index (χ2v) is 8.20. The normalized spacial score (nSPS) is 12.7. The predicted molar refractivity (Wildman–Crippen MR) is 129 cm³/mol. The molecule has 5 rings (SSSR count). The maximum Gasteiger partial charge on any atom is 0.255 e. The van der Waals surface area contributed by atoms with Gasteiger partial charge >= 0.3 is 0 Å². The molecule has 34 heavy (non-hydrogen) atoms. The highest BCUT2D eigenvalue weighted by Crippen LogP contribution is 2.42. The molecule has 4 heterocycles. The summed E-state index contributed by atoms with van der Waals surface area (Å²) in [7, 11) is 3.47. The van der Waals surface area contributed by atoms with Crippen molar-refractivity contribution in [3.05, 3.63) is 71.2 Å². The van der Waals surface area contributed by atoms with Crippen molar-refractivity contribution in [1.29, 1.82) is 0 Å². The van der Waals surface area contributed by atoms with Gasteiger partial charge in [0.1, 0.15) is 18.2 Å². The lowest BCUT2D eigenvalue weighted by atomic mass is 10.0. The SMILES string of the molecule is COc1c(Cl)cccc1Nc1c(-c2ccncc2OCc2nccn2C)[nH]c2c1C(=O)NCC2. The second-order valence-electron chi connectivity index (χ2n) is 7.79. The van der Waals surface area contributed by atoms with E-state index < -0.39 is 0 Å². The number of nitrogens with one attached hydrogen (secondary N) is 3. The smallest absolute Gasteiger partial charge is 0.255 e. The number of aromatic nitrogens is 4. The number of aromatic amines is 1. The average Bonchev–Trinajstić information content (AvgIpc) is 3.42. The summed E-state index contributed by atoms with van der Waals surface area (Å²) in [6.45, 7) is 0.832. The number of para-hydroxylation sites is 1. The summed E-state index contributed by atoms with van der Waals surface area (Å²) >= 11 is 6.34. The van der Waals surface area contributed by atoms with E-state index in [0.717, 1.165) is 17.1 Å². The Morgan fingerprint density at radius 3 is 2.94 bits per heavy atom. The number of nitrogens with zero attached hydrogens (tertiary/aromatic N) is 3. The van der Waals surface area contributed by atoms with Crippen LogP contribution < -0.4 is 20.1 Å². The summed E-state index contributed by atoms with van der Waals surface area (Å²) in [5, 5.41) is 6.77. The van der Waals surface area contributed by atoms with Crippen molar-refractivity contribution in [2.75, 3.05) is 19.0 Å². The molecule has 4 aromatic rings. The van der Waals surface area contributed by atoms with Crippen LogP contribution in [0.1, 0.15) is 21.9 Å². The van der Waals surface area contributed by atoms with Gasteiger partial charge in [-0.25, -0.2) is 4.98 Å². The van der Waals surface area contributed by atoms with Gasteiger partial charge in [-0.05, 0) is 18.2 Å². The number of hydrogen-bond donors (Lipinski definition) is 3. The number of imidazole rings is 1. The zero-order valence-corrected chi connectivity index (χ0v) is 19.4. The number of methoxy groups -OCH3 is 1. The highest BCUT2D eigenvalue weighted by molar-refractivity contribution is 6.32. The minimum absolute atomic E-state index is 0.156. The molecular weight excluding hydrogens is 456 g/mol. The lowest BCUT2D eigenvalue weighted by molar-refractivity contribution is 0.0947. The van der Waals surface area contributed by atoms with Crippen molar-refractivity contribution in [3.63, 3.8) is 0 Å². The molecule has 174 valence electrons. The Balaban J connectivity index is 1.60. The van der Waals surface area contributed by atoms with Gasteiger partial charge in [-0.2, -0.15) is 0 Å². The summed E-state index contributed by atoms with van der Waals surface area (Å²) in [6, 6.07) is 7.26. The van der Waals surface area contributed by atoms with E-state index >= 15 is 0 Å². The van der Waals surface area contributed by atoms with E-state index in [2.05, 4.69) is 25.6 Å². The number of hydrogen-bond acceptors (Lipinski definition) is 6. The third-order valence-corrected chi connectivity index (χ3v) is 6.03. The van der Waals surface area contributed by atoms with Gasteiger partial charge in [-0.15, -0.1) is 0 Å². The number of carbonyl (C=O) groups is 1. The number of fused-ring (bicyclic) bond motifs is 1. The summed E-state index contributed by atoms with van der Waals surface area (Å²) < 4.78 is 13.5. The maximum absolute atomic E-state index is 12.9. The van der Waals surface area contributed by atoms with Crippen LogP contribution in [0.25, 0.3) is 11.3 Å². The van der Waals surface area contributed by atoms with Crippen LogP contribution in [0, 0.1) is 0 Å². The first-order valence-corrected chi connectivity index (χ1v) is 11.1. The van der Waals surface area contributed by atoms with Crippen LogP contribution in [-0.2, 0) is 20.1 Å². The number of amides is 1. The van der Waals surface area contributed by atoms with E-state index in [1.54, 1.807) is 31.8 Å². The third-order valence-electron chi connectivity index (χ3n) is 5.73.